The molecular formula is C13H15N3O2S2. The van der Waals surface area contributed by atoms with E-state index in [0.717, 1.165) is 14.1 Å². The number of sulfonamides is 1. The SMILES string of the molecule is CN(C)S(=O)(=O)c1ccc(Sc2ccncc2)c(N)c1. The number of nitrogens with zero attached hydrogens (tertiary/aromatic N) is 2. The van der Waals surface area contributed by atoms with Crippen LogP contribution in [0.15, 0.2) is 57.4 Å². The number of benzene rings is 1. The van der Waals surface area contributed by atoms with Gasteiger partial charge in [-0.05, 0) is 30.3 Å². The molecule has 0 fully saturated rings. The molecule has 1 heterocycles. The van der Waals surface area contributed by atoms with E-state index in [1.165, 1.54) is 31.9 Å². The Balaban J connectivity index is 2.32. The van der Waals surface area contributed by atoms with E-state index in [0.29, 0.717) is 5.69 Å². The molecule has 0 saturated heterocycles. The number of aromatic nitrogens is 1. The van der Waals surface area contributed by atoms with E-state index >= 15 is 0 Å². The lowest BCUT2D eigenvalue weighted by molar-refractivity contribution is 0.520. The number of pyridine rings is 1. The Morgan fingerprint density at radius 1 is 1.15 bits per heavy atom. The van der Waals surface area contributed by atoms with Crippen molar-refractivity contribution >= 4 is 27.5 Å². The van der Waals surface area contributed by atoms with Crippen LogP contribution in [0.5, 0.6) is 0 Å². The maximum absolute atomic E-state index is 12.0. The molecule has 1 aromatic carbocycles. The number of anilines is 1. The molecular weight excluding hydrogens is 294 g/mol. The van der Waals surface area contributed by atoms with E-state index in [2.05, 4.69) is 4.98 Å². The Kier molecular flexibility index (Phi) is 4.32. The minimum absolute atomic E-state index is 0.194. The van der Waals surface area contributed by atoms with Crippen molar-refractivity contribution in [3.05, 3.63) is 42.7 Å². The van der Waals surface area contributed by atoms with Gasteiger partial charge >= 0.3 is 0 Å². The van der Waals surface area contributed by atoms with Gasteiger partial charge in [0.15, 0.2) is 0 Å². The zero-order chi connectivity index (χ0) is 14.8. The van der Waals surface area contributed by atoms with Gasteiger partial charge in [0, 0.05) is 42.0 Å². The summed E-state index contributed by atoms with van der Waals surface area (Å²) in [7, 11) is -0.472. The average Bonchev–Trinajstić information content (AvgIpc) is 2.42. The van der Waals surface area contributed by atoms with Crippen LogP contribution in [0, 0.1) is 0 Å². The Labute approximate surface area is 122 Å². The molecule has 0 atom stereocenters. The number of rotatable bonds is 4. The summed E-state index contributed by atoms with van der Waals surface area (Å²) in [5, 5.41) is 0. The van der Waals surface area contributed by atoms with Crippen molar-refractivity contribution in [2.24, 2.45) is 0 Å². The van der Waals surface area contributed by atoms with Crippen LogP contribution in [-0.4, -0.2) is 31.8 Å². The molecule has 0 spiro atoms. The second kappa shape index (κ2) is 5.82. The molecule has 20 heavy (non-hydrogen) atoms. The highest BCUT2D eigenvalue weighted by molar-refractivity contribution is 7.99. The van der Waals surface area contributed by atoms with Crippen molar-refractivity contribution in [3.8, 4) is 0 Å². The van der Waals surface area contributed by atoms with Gasteiger partial charge in [0.05, 0.1) is 4.90 Å². The summed E-state index contributed by atoms with van der Waals surface area (Å²) in [5.41, 5.74) is 6.39. The van der Waals surface area contributed by atoms with Gasteiger partial charge in [-0.1, -0.05) is 11.8 Å². The quantitative estimate of drug-likeness (QED) is 0.875. The summed E-state index contributed by atoms with van der Waals surface area (Å²) in [5.74, 6) is 0. The molecule has 5 nitrogen and oxygen atoms in total. The highest BCUT2D eigenvalue weighted by atomic mass is 32.2. The molecule has 0 saturated carbocycles. The topological polar surface area (TPSA) is 76.3 Å². The average molecular weight is 309 g/mol. The highest BCUT2D eigenvalue weighted by Gasteiger charge is 2.18. The monoisotopic (exact) mass is 309 g/mol. The molecule has 2 N–H and O–H groups in total. The fourth-order valence-corrected chi connectivity index (χ4v) is 3.29. The van der Waals surface area contributed by atoms with E-state index in [9.17, 15) is 8.42 Å². The van der Waals surface area contributed by atoms with Gasteiger partial charge in [-0.15, -0.1) is 0 Å². The maximum atomic E-state index is 12.0. The van der Waals surface area contributed by atoms with Crippen molar-refractivity contribution < 1.29 is 8.42 Å². The second-order valence-electron chi connectivity index (χ2n) is 4.27. The van der Waals surface area contributed by atoms with E-state index < -0.39 is 10.0 Å². The third kappa shape index (κ3) is 3.12. The summed E-state index contributed by atoms with van der Waals surface area (Å²) in [6, 6.07) is 8.51. The molecule has 0 unspecified atom stereocenters. The lowest BCUT2D eigenvalue weighted by atomic mass is 10.3. The number of nitrogen functional groups attached to an aromatic ring is 1. The fraction of sp³-hybridized carbons (Fsp3) is 0.154. The standard InChI is InChI=1S/C13H15N3O2S2/c1-16(2)20(17,18)11-3-4-13(12(14)9-11)19-10-5-7-15-8-6-10/h3-9H,14H2,1-2H3. The summed E-state index contributed by atoms with van der Waals surface area (Å²) in [4.78, 5) is 5.95. The first-order valence-corrected chi connectivity index (χ1v) is 8.07. The van der Waals surface area contributed by atoms with Gasteiger partial charge < -0.3 is 5.73 Å². The largest absolute Gasteiger partial charge is 0.398 e. The van der Waals surface area contributed by atoms with Crippen LogP contribution in [0.4, 0.5) is 5.69 Å². The van der Waals surface area contributed by atoms with Gasteiger partial charge in [-0.2, -0.15) is 0 Å². The third-order valence-electron chi connectivity index (χ3n) is 2.64. The maximum Gasteiger partial charge on any atom is 0.242 e. The Morgan fingerprint density at radius 2 is 1.80 bits per heavy atom. The first-order chi connectivity index (χ1) is 9.41. The molecule has 0 radical (unpaired) electrons. The molecule has 0 aliphatic carbocycles. The summed E-state index contributed by atoms with van der Waals surface area (Å²) < 4.78 is 25.2. The van der Waals surface area contributed by atoms with Crippen LogP contribution in [0.1, 0.15) is 0 Å². The minimum atomic E-state index is -3.45. The van der Waals surface area contributed by atoms with Crippen LogP contribution in [0.25, 0.3) is 0 Å². The predicted molar refractivity (Wildman–Crippen MR) is 80.1 cm³/mol. The van der Waals surface area contributed by atoms with Crippen LogP contribution in [0.2, 0.25) is 0 Å². The van der Waals surface area contributed by atoms with Crippen LogP contribution in [-0.2, 0) is 10.0 Å². The molecule has 2 rings (SSSR count). The molecule has 106 valence electrons. The summed E-state index contributed by atoms with van der Waals surface area (Å²) in [6.45, 7) is 0. The lowest BCUT2D eigenvalue weighted by Gasteiger charge is -2.13. The summed E-state index contributed by atoms with van der Waals surface area (Å²) in [6.07, 6.45) is 3.40. The molecule has 0 bridgehead atoms. The van der Waals surface area contributed by atoms with Gasteiger partial charge in [0.1, 0.15) is 0 Å². The van der Waals surface area contributed by atoms with Crippen molar-refractivity contribution in [2.45, 2.75) is 14.7 Å². The highest BCUT2D eigenvalue weighted by Crippen LogP contribution is 2.33. The predicted octanol–water partition coefficient (Wildman–Crippen LogP) is 2.07. The van der Waals surface area contributed by atoms with E-state index in [-0.39, 0.29) is 4.90 Å². The lowest BCUT2D eigenvalue weighted by Crippen LogP contribution is -2.22. The number of hydrogen-bond donors (Lipinski definition) is 1. The van der Waals surface area contributed by atoms with E-state index in [1.807, 2.05) is 12.1 Å². The number of hydrogen-bond acceptors (Lipinski definition) is 5. The minimum Gasteiger partial charge on any atom is -0.398 e. The second-order valence-corrected chi connectivity index (χ2v) is 7.54. The molecule has 1 aromatic heterocycles. The molecule has 0 aliphatic heterocycles. The summed E-state index contributed by atoms with van der Waals surface area (Å²) >= 11 is 1.47. The van der Waals surface area contributed by atoms with Crippen molar-refractivity contribution in [2.75, 3.05) is 19.8 Å². The van der Waals surface area contributed by atoms with Gasteiger partial charge in [0.25, 0.3) is 0 Å². The molecule has 0 aliphatic rings. The smallest absolute Gasteiger partial charge is 0.242 e. The van der Waals surface area contributed by atoms with E-state index in [1.54, 1.807) is 24.5 Å². The van der Waals surface area contributed by atoms with Gasteiger partial charge in [0.2, 0.25) is 10.0 Å². The third-order valence-corrected chi connectivity index (χ3v) is 5.55. The first kappa shape index (κ1) is 14.8. The fourth-order valence-electron chi connectivity index (χ4n) is 1.52. The normalized spacial score (nSPS) is 11.8. The van der Waals surface area contributed by atoms with Crippen molar-refractivity contribution in [1.82, 2.24) is 9.29 Å². The van der Waals surface area contributed by atoms with Gasteiger partial charge in [-0.25, -0.2) is 12.7 Å². The van der Waals surface area contributed by atoms with Crippen LogP contribution >= 0.6 is 11.8 Å². The zero-order valence-corrected chi connectivity index (χ0v) is 12.8. The van der Waals surface area contributed by atoms with Gasteiger partial charge in [-0.3, -0.25) is 4.98 Å². The zero-order valence-electron chi connectivity index (χ0n) is 11.1. The van der Waals surface area contributed by atoms with Crippen molar-refractivity contribution in [3.63, 3.8) is 0 Å². The Morgan fingerprint density at radius 3 is 2.35 bits per heavy atom. The molecule has 2 aromatic rings. The van der Waals surface area contributed by atoms with Crippen molar-refractivity contribution in [1.29, 1.82) is 0 Å². The first-order valence-electron chi connectivity index (χ1n) is 5.81. The number of nitrogens with two attached hydrogens (primary N) is 1. The Hall–Kier alpha value is -1.57. The van der Waals surface area contributed by atoms with Crippen LogP contribution in [0.3, 0.4) is 0 Å². The van der Waals surface area contributed by atoms with Crippen LogP contribution < -0.4 is 5.73 Å². The molecule has 7 heteroatoms. The molecule has 0 amide bonds. The Bertz CT molecular complexity index is 701. The van der Waals surface area contributed by atoms with E-state index in [4.69, 9.17) is 5.73 Å².